The highest BCUT2D eigenvalue weighted by molar-refractivity contribution is 7.26. The van der Waals surface area contributed by atoms with Crippen LogP contribution < -0.4 is 9.80 Å². The fraction of sp³-hybridized carbons (Fsp3) is 0.0769. The molecule has 5 heteroatoms. The van der Waals surface area contributed by atoms with Crippen LogP contribution >= 0.6 is 11.3 Å². The molecule has 0 saturated heterocycles. The fourth-order valence-electron chi connectivity index (χ4n) is 6.98. The summed E-state index contributed by atoms with van der Waals surface area (Å²) in [5.74, 6) is 0. The Hall–Kier alpha value is -5.13. The van der Waals surface area contributed by atoms with E-state index in [-0.39, 0.29) is 0 Å². The zero-order chi connectivity index (χ0) is 29.4. The molecular formula is C39H28FN3S. The summed E-state index contributed by atoms with van der Waals surface area (Å²) in [6.07, 6.45) is -1.26. The van der Waals surface area contributed by atoms with Crippen LogP contribution in [0.15, 0.2) is 133 Å². The molecule has 0 bridgehead atoms. The largest absolute Gasteiger partial charge is 0.355 e. The van der Waals surface area contributed by atoms with Crippen molar-refractivity contribution in [2.75, 3.05) is 23.5 Å². The molecule has 3 heterocycles. The highest BCUT2D eigenvalue weighted by Gasteiger charge is 2.25. The summed E-state index contributed by atoms with van der Waals surface area (Å²) in [7, 11) is 2.09. The summed E-state index contributed by atoms with van der Waals surface area (Å²) in [6, 6.07) is 46.0. The number of hydrogen-bond acceptors (Lipinski definition) is 3. The maximum Gasteiger partial charge on any atom is 0.150 e. The zero-order valence-electron chi connectivity index (χ0n) is 24.1. The maximum absolute atomic E-state index is 16.6. The Balaban J connectivity index is 1.22. The SMILES string of the molecule is CN1CN(c2cccc(C(F)c3ccc4c5ccc6sc7ccccc7c6c5n(-c5ccccc5)c4c3)c2)c2ccccc21. The highest BCUT2D eigenvalue weighted by atomic mass is 32.1. The van der Waals surface area contributed by atoms with Gasteiger partial charge in [-0.2, -0.15) is 0 Å². The Kier molecular flexibility index (Phi) is 5.59. The van der Waals surface area contributed by atoms with E-state index in [9.17, 15) is 0 Å². The Morgan fingerprint density at radius 2 is 1.34 bits per heavy atom. The minimum atomic E-state index is -1.26. The second-order valence-electron chi connectivity index (χ2n) is 11.6. The molecule has 0 aliphatic carbocycles. The molecule has 44 heavy (non-hydrogen) atoms. The Morgan fingerprint density at radius 1 is 0.614 bits per heavy atom. The number of benzene rings is 6. The number of aromatic nitrogens is 1. The van der Waals surface area contributed by atoms with Crippen molar-refractivity contribution in [1.29, 1.82) is 0 Å². The third kappa shape index (κ3) is 3.72. The third-order valence-corrected chi connectivity index (χ3v) is 10.1. The van der Waals surface area contributed by atoms with Gasteiger partial charge >= 0.3 is 0 Å². The van der Waals surface area contributed by atoms with E-state index in [2.05, 4.69) is 125 Å². The summed E-state index contributed by atoms with van der Waals surface area (Å²) in [5.41, 5.74) is 7.88. The van der Waals surface area contributed by atoms with Gasteiger partial charge in [0, 0.05) is 49.4 Å². The molecule has 2 aromatic heterocycles. The van der Waals surface area contributed by atoms with Crippen LogP contribution in [0.2, 0.25) is 0 Å². The Labute approximate surface area is 258 Å². The van der Waals surface area contributed by atoms with Gasteiger partial charge in [-0.3, -0.25) is 0 Å². The smallest absolute Gasteiger partial charge is 0.150 e. The molecule has 1 atom stereocenters. The second-order valence-corrected chi connectivity index (χ2v) is 12.7. The normalized spacial score (nSPS) is 13.9. The minimum absolute atomic E-state index is 0.653. The maximum atomic E-state index is 16.6. The van der Waals surface area contributed by atoms with Gasteiger partial charge in [-0.1, -0.05) is 78.9 Å². The van der Waals surface area contributed by atoms with E-state index < -0.39 is 6.17 Å². The van der Waals surface area contributed by atoms with Gasteiger partial charge in [0.15, 0.2) is 6.17 Å². The number of alkyl halides is 1. The molecule has 0 fully saturated rings. The highest BCUT2D eigenvalue weighted by Crippen LogP contribution is 2.44. The first-order valence-electron chi connectivity index (χ1n) is 14.9. The molecule has 1 aliphatic heterocycles. The van der Waals surface area contributed by atoms with Crippen LogP contribution in [0.3, 0.4) is 0 Å². The van der Waals surface area contributed by atoms with Crippen LogP contribution in [0.4, 0.5) is 21.5 Å². The van der Waals surface area contributed by atoms with Crippen LogP contribution in [-0.4, -0.2) is 18.3 Å². The first kappa shape index (κ1) is 25.4. The first-order chi connectivity index (χ1) is 21.7. The molecule has 212 valence electrons. The van der Waals surface area contributed by atoms with Crippen molar-refractivity contribution in [1.82, 2.24) is 4.57 Å². The molecule has 0 amide bonds. The van der Waals surface area contributed by atoms with Crippen molar-refractivity contribution in [3.8, 4) is 5.69 Å². The lowest BCUT2D eigenvalue weighted by atomic mass is 10.00. The molecule has 9 rings (SSSR count). The van der Waals surface area contributed by atoms with E-state index >= 15 is 4.39 Å². The van der Waals surface area contributed by atoms with E-state index in [4.69, 9.17) is 0 Å². The lowest BCUT2D eigenvalue weighted by Gasteiger charge is -2.21. The molecule has 1 unspecified atom stereocenters. The van der Waals surface area contributed by atoms with Crippen molar-refractivity contribution in [2.24, 2.45) is 0 Å². The van der Waals surface area contributed by atoms with E-state index in [1.54, 1.807) is 0 Å². The number of thiophene rings is 1. The lowest BCUT2D eigenvalue weighted by Crippen LogP contribution is -2.24. The van der Waals surface area contributed by atoms with Crippen molar-refractivity contribution in [2.45, 2.75) is 6.17 Å². The zero-order valence-corrected chi connectivity index (χ0v) is 24.9. The van der Waals surface area contributed by atoms with Gasteiger partial charge in [-0.05, 0) is 65.7 Å². The topological polar surface area (TPSA) is 11.4 Å². The lowest BCUT2D eigenvalue weighted by molar-refractivity contribution is 0.402. The summed E-state index contributed by atoms with van der Waals surface area (Å²) in [5, 5.41) is 4.82. The van der Waals surface area contributed by atoms with Crippen LogP contribution in [0.25, 0.3) is 47.7 Å². The summed E-state index contributed by atoms with van der Waals surface area (Å²) >= 11 is 1.82. The van der Waals surface area contributed by atoms with Crippen LogP contribution in [0.5, 0.6) is 0 Å². The second kappa shape index (κ2) is 9.69. The number of fused-ring (bicyclic) bond motifs is 8. The molecular weight excluding hydrogens is 562 g/mol. The minimum Gasteiger partial charge on any atom is -0.355 e. The third-order valence-electron chi connectivity index (χ3n) is 9.01. The predicted octanol–water partition coefficient (Wildman–Crippen LogP) is 10.8. The molecule has 6 aromatic carbocycles. The number of anilines is 3. The van der Waals surface area contributed by atoms with Crippen molar-refractivity contribution < 1.29 is 4.39 Å². The molecule has 0 saturated carbocycles. The van der Waals surface area contributed by atoms with Gasteiger partial charge in [-0.25, -0.2) is 4.39 Å². The van der Waals surface area contributed by atoms with E-state index in [0.29, 0.717) is 11.1 Å². The van der Waals surface area contributed by atoms with Gasteiger partial charge in [0.25, 0.3) is 0 Å². The molecule has 0 radical (unpaired) electrons. The van der Waals surface area contributed by atoms with Crippen molar-refractivity contribution in [3.05, 3.63) is 145 Å². The predicted molar refractivity (Wildman–Crippen MR) is 185 cm³/mol. The number of rotatable bonds is 4. The summed E-state index contributed by atoms with van der Waals surface area (Å²) in [4.78, 5) is 4.47. The molecule has 0 spiro atoms. The average molecular weight is 590 g/mol. The van der Waals surface area contributed by atoms with Gasteiger partial charge in [-0.15, -0.1) is 11.3 Å². The van der Waals surface area contributed by atoms with E-state index in [1.165, 1.54) is 36.8 Å². The fourth-order valence-corrected chi connectivity index (χ4v) is 8.08. The number of para-hydroxylation sites is 3. The summed E-state index contributed by atoms with van der Waals surface area (Å²) in [6.45, 7) is 0.731. The average Bonchev–Trinajstić information content (AvgIpc) is 3.73. The van der Waals surface area contributed by atoms with Gasteiger partial charge < -0.3 is 14.4 Å². The van der Waals surface area contributed by atoms with Gasteiger partial charge in [0.1, 0.15) is 0 Å². The Bertz CT molecular complexity index is 2370. The van der Waals surface area contributed by atoms with Gasteiger partial charge in [0.2, 0.25) is 0 Å². The number of hydrogen-bond donors (Lipinski definition) is 0. The van der Waals surface area contributed by atoms with Crippen molar-refractivity contribution >= 4 is 70.4 Å². The van der Waals surface area contributed by atoms with Crippen LogP contribution in [-0.2, 0) is 0 Å². The first-order valence-corrected chi connectivity index (χ1v) is 15.7. The van der Waals surface area contributed by atoms with E-state index in [1.807, 2.05) is 41.7 Å². The summed E-state index contributed by atoms with van der Waals surface area (Å²) < 4.78 is 21.5. The quantitative estimate of drug-likeness (QED) is 0.202. The molecule has 1 aliphatic rings. The van der Waals surface area contributed by atoms with E-state index in [0.717, 1.165) is 34.6 Å². The number of nitrogens with zero attached hydrogens (tertiary/aromatic N) is 3. The monoisotopic (exact) mass is 589 g/mol. The Morgan fingerprint density at radius 3 is 2.23 bits per heavy atom. The molecule has 0 N–H and O–H groups in total. The standard InChI is InChI=1S/C39H28FN3S/c1-41-24-42(33-16-7-6-15-32(33)41)28-13-9-10-25(22-28)38(40)26-18-19-29-30-20-21-36-37(31-14-5-8-17-35(31)44-36)39(30)43(34(29)23-26)27-11-3-2-4-12-27/h2-23,38H,24H2,1H3. The molecule has 8 aromatic rings. The van der Waals surface area contributed by atoms with Crippen LogP contribution in [0, 0.1) is 0 Å². The number of halogens is 1. The van der Waals surface area contributed by atoms with Crippen LogP contribution in [0.1, 0.15) is 17.3 Å². The van der Waals surface area contributed by atoms with Gasteiger partial charge in [0.05, 0.1) is 29.1 Å². The molecule has 3 nitrogen and oxygen atoms in total. The van der Waals surface area contributed by atoms with Crippen molar-refractivity contribution in [3.63, 3.8) is 0 Å².